The maximum atomic E-state index is 11.9. The number of fused-ring (bicyclic) bond motifs is 1. The number of nitrogens with one attached hydrogen (secondary N) is 2. The van der Waals surface area contributed by atoms with Crippen molar-refractivity contribution in [3.8, 4) is 5.75 Å². The first-order chi connectivity index (χ1) is 9.61. The molecule has 1 amide bonds. The maximum absolute atomic E-state index is 11.9. The van der Waals surface area contributed by atoms with Crippen molar-refractivity contribution in [1.82, 2.24) is 10.3 Å². The van der Waals surface area contributed by atoms with Gasteiger partial charge in [-0.2, -0.15) is 0 Å². The SMILES string of the molecule is CNC(=O)c1c(O)c2ccc(C3CCC3)cc2[nH]c1=O. The highest BCUT2D eigenvalue weighted by molar-refractivity contribution is 6.02. The Morgan fingerprint density at radius 2 is 2.15 bits per heavy atom. The van der Waals surface area contributed by atoms with E-state index < -0.39 is 11.5 Å². The normalized spacial score (nSPS) is 15.1. The largest absolute Gasteiger partial charge is 0.506 e. The molecular formula is C15H16N2O3. The van der Waals surface area contributed by atoms with Crippen LogP contribution in [0.25, 0.3) is 10.9 Å². The Hall–Kier alpha value is -2.30. The third-order valence-corrected chi connectivity index (χ3v) is 4.04. The van der Waals surface area contributed by atoms with E-state index in [-0.39, 0.29) is 11.3 Å². The van der Waals surface area contributed by atoms with Crippen LogP contribution in [0.2, 0.25) is 0 Å². The van der Waals surface area contributed by atoms with Gasteiger partial charge in [0.25, 0.3) is 11.5 Å². The van der Waals surface area contributed by atoms with Crippen LogP contribution in [0.5, 0.6) is 5.75 Å². The molecule has 3 N–H and O–H groups in total. The minimum atomic E-state index is -0.589. The fourth-order valence-electron chi connectivity index (χ4n) is 2.63. The van der Waals surface area contributed by atoms with Crippen molar-refractivity contribution in [2.24, 2.45) is 0 Å². The highest BCUT2D eigenvalue weighted by atomic mass is 16.3. The summed E-state index contributed by atoms with van der Waals surface area (Å²) in [5.41, 5.74) is 0.938. The second-order valence-corrected chi connectivity index (χ2v) is 5.19. The van der Waals surface area contributed by atoms with E-state index in [2.05, 4.69) is 10.3 Å². The molecule has 1 heterocycles. The lowest BCUT2D eigenvalue weighted by Gasteiger charge is -2.26. The summed E-state index contributed by atoms with van der Waals surface area (Å²) >= 11 is 0. The topological polar surface area (TPSA) is 82.2 Å². The number of carbonyl (C=O) groups excluding carboxylic acids is 1. The van der Waals surface area contributed by atoms with Crippen LogP contribution in [-0.2, 0) is 0 Å². The molecule has 3 rings (SSSR count). The van der Waals surface area contributed by atoms with Crippen LogP contribution in [0.4, 0.5) is 0 Å². The number of carbonyl (C=O) groups is 1. The van der Waals surface area contributed by atoms with Crippen molar-refractivity contribution in [2.75, 3.05) is 7.05 Å². The van der Waals surface area contributed by atoms with Crippen LogP contribution in [0.3, 0.4) is 0 Å². The van der Waals surface area contributed by atoms with Crippen molar-refractivity contribution >= 4 is 16.8 Å². The molecule has 1 fully saturated rings. The maximum Gasteiger partial charge on any atom is 0.265 e. The number of hydrogen-bond donors (Lipinski definition) is 3. The summed E-state index contributed by atoms with van der Waals surface area (Å²) in [5.74, 6) is -0.305. The summed E-state index contributed by atoms with van der Waals surface area (Å²) < 4.78 is 0. The lowest BCUT2D eigenvalue weighted by atomic mass is 9.80. The number of amides is 1. The molecule has 0 unspecified atom stereocenters. The van der Waals surface area contributed by atoms with Crippen LogP contribution in [0.1, 0.15) is 41.1 Å². The van der Waals surface area contributed by atoms with Gasteiger partial charge in [0.05, 0.1) is 5.52 Å². The van der Waals surface area contributed by atoms with Gasteiger partial charge in [0.1, 0.15) is 11.3 Å². The summed E-state index contributed by atoms with van der Waals surface area (Å²) in [6.07, 6.45) is 3.57. The molecule has 1 aromatic heterocycles. The molecule has 0 atom stereocenters. The first-order valence-electron chi connectivity index (χ1n) is 6.73. The van der Waals surface area contributed by atoms with Gasteiger partial charge in [0, 0.05) is 12.4 Å². The predicted octanol–water partition coefficient (Wildman–Crippen LogP) is 1.86. The summed E-state index contributed by atoms with van der Waals surface area (Å²) in [5, 5.41) is 13.0. The average molecular weight is 272 g/mol. The molecule has 0 radical (unpaired) electrons. The van der Waals surface area contributed by atoms with Gasteiger partial charge < -0.3 is 15.4 Å². The van der Waals surface area contributed by atoms with Gasteiger partial charge in [-0.15, -0.1) is 0 Å². The number of pyridine rings is 1. The van der Waals surface area contributed by atoms with Crippen LogP contribution in [-0.4, -0.2) is 23.0 Å². The Bertz CT molecular complexity index is 745. The number of rotatable bonds is 2. The quantitative estimate of drug-likeness (QED) is 0.780. The number of aromatic hydroxyl groups is 1. The van der Waals surface area contributed by atoms with E-state index in [9.17, 15) is 14.7 Å². The summed E-state index contributed by atoms with van der Waals surface area (Å²) in [6.45, 7) is 0. The van der Waals surface area contributed by atoms with Crippen molar-refractivity contribution in [3.63, 3.8) is 0 Å². The molecular weight excluding hydrogens is 256 g/mol. The predicted molar refractivity (Wildman–Crippen MR) is 76.2 cm³/mol. The Labute approximate surface area is 115 Å². The van der Waals surface area contributed by atoms with Gasteiger partial charge in [-0.05, 0) is 36.5 Å². The number of hydrogen-bond acceptors (Lipinski definition) is 3. The number of aromatic amines is 1. The molecule has 1 aromatic carbocycles. The zero-order valence-corrected chi connectivity index (χ0v) is 11.2. The molecule has 0 bridgehead atoms. The fraction of sp³-hybridized carbons (Fsp3) is 0.333. The first kappa shape index (κ1) is 12.7. The first-order valence-corrected chi connectivity index (χ1v) is 6.73. The van der Waals surface area contributed by atoms with Gasteiger partial charge in [0.2, 0.25) is 0 Å². The molecule has 2 aromatic rings. The third-order valence-electron chi connectivity index (χ3n) is 4.04. The minimum Gasteiger partial charge on any atom is -0.506 e. The smallest absolute Gasteiger partial charge is 0.265 e. The molecule has 104 valence electrons. The molecule has 5 nitrogen and oxygen atoms in total. The molecule has 20 heavy (non-hydrogen) atoms. The lowest BCUT2D eigenvalue weighted by molar-refractivity contribution is 0.0959. The summed E-state index contributed by atoms with van der Waals surface area (Å²) in [4.78, 5) is 26.3. The standard InChI is InChI=1S/C15H16N2O3/c1-16-14(19)12-13(18)10-6-5-9(8-3-2-4-8)7-11(10)17-15(12)20/h5-8H,2-4H2,1H3,(H,16,19)(H2,17,18,20). The number of H-pyrrole nitrogens is 1. The molecule has 0 aliphatic heterocycles. The van der Waals surface area contributed by atoms with Crippen molar-refractivity contribution < 1.29 is 9.90 Å². The Morgan fingerprint density at radius 1 is 1.40 bits per heavy atom. The number of benzene rings is 1. The lowest BCUT2D eigenvalue weighted by Crippen LogP contribution is -2.26. The molecule has 0 saturated heterocycles. The highest BCUT2D eigenvalue weighted by Gasteiger charge is 2.22. The van der Waals surface area contributed by atoms with E-state index in [0.717, 1.165) is 12.8 Å². The van der Waals surface area contributed by atoms with Gasteiger partial charge in [-0.3, -0.25) is 9.59 Å². The molecule has 1 aliphatic carbocycles. The Balaban J connectivity index is 2.19. The average Bonchev–Trinajstić information content (AvgIpc) is 2.36. The summed E-state index contributed by atoms with van der Waals surface area (Å²) in [7, 11) is 1.42. The minimum absolute atomic E-state index is 0.239. The van der Waals surface area contributed by atoms with E-state index in [1.165, 1.54) is 19.0 Å². The third kappa shape index (κ3) is 1.86. The summed E-state index contributed by atoms with van der Waals surface area (Å²) in [6, 6.07) is 5.62. The number of aromatic nitrogens is 1. The monoisotopic (exact) mass is 272 g/mol. The highest BCUT2D eigenvalue weighted by Crippen LogP contribution is 2.38. The second kappa shape index (κ2) is 4.67. The van der Waals surface area contributed by atoms with Crippen molar-refractivity contribution in [3.05, 3.63) is 39.7 Å². The van der Waals surface area contributed by atoms with Crippen molar-refractivity contribution in [2.45, 2.75) is 25.2 Å². The molecule has 0 spiro atoms. The van der Waals surface area contributed by atoms with E-state index in [1.54, 1.807) is 6.07 Å². The van der Waals surface area contributed by atoms with Crippen LogP contribution in [0.15, 0.2) is 23.0 Å². The Kier molecular flexibility index (Phi) is 2.97. The molecule has 1 saturated carbocycles. The zero-order valence-electron chi connectivity index (χ0n) is 11.2. The van der Waals surface area contributed by atoms with Crippen LogP contribution >= 0.6 is 0 Å². The fourth-order valence-corrected chi connectivity index (χ4v) is 2.63. The second-order valence-electron chi connectivity index (χ2n) is 5.19. The van der Waals surface area contributed by atoms with E-state index in [4.69, 9.17) is 0 Å². The van der Waals surface area contributed by atoms with E-state index in [1.807, 2.05) is 12.1 Å². The van der Waals surface area contributed by atoms with Crippen LogP contribution < -0.4 is 10.9 Å². The van der Waals surface area contributed by atoms with Crippen LogP contribution in [0, 0.1) is 0 Å². The van der Waals surface area contributed by atoms with Crippen molar-refractivity contribution in [1.29, 1.82) is 0 Å². The van der Waals surface area contributed by atoms with E-state index in [0.29, 0.717) is 16.8 Å². The van der Waals surface area contributed by atoms with Gasteiger partial charge in [-0.25, -0.2) is 0 Å². The zero-order chi connectivity index (χ0) is 14.3. The molecule has 5 heteroatoms. The van der Waals surface area contributed by atoms with Gasteiger partial charge in [0.15, 0.2) is 0 Å². The van der Waals surface area contributed by atoms with E-state index >= 15 is 0 Å². The molecule has 1 aliphatic rings. The van der Waals surface area contributed by atoms with Gasteiger partial charge in [-0.1, -0.05) is 12.5 Å². The Morgan fingerprint density at radius 3 is 2.75 bits per heavy atom. The van der Waals surface area contributed by atoms with Gasteiger partial charge >= 0.3 is 0 Å².